The number of nitrogens with one attached hydrogen (secondary N) is 1. The van der Waals surface area contributed by atoms with Gasteiger partial charge < -0.3 is 0 Å². The Kier molecular flexibility index (Phi) is 4.47. The van der Waals surface area contributed by atoms with Crippen LogP contribution in [-0.4, -0.2) is 12.6 Å². The van der Waals surface area contributed by atoms with Crippen LogP contribution in [-0.2, 0) is 0 Å². The number of nitrogens with zero attached hydrogens (tertiary/aromatic N) is 1. The molecule has 0 heterocycles. The molecule has 0 saturated heterocycles. The first-order chi connectivity index (χ1) is 4.35. The molecule has 0 spiro atoms. The van der Waals surface area contributed by atoms with E-state index >= 15 is 0 Å². The highest BCUT2D eigenvalue weighted by atomic mass is 15.7. The number of rotatable bonds is 4. The Labute approximate surface area is 55.5 Å². The predicted molar refractivity (Wildman–Crippen MR) is 37.8 cm³/mol. The highest BCUT2D eigenvalue weighted by molar-refractivity contribution is 5.02. The average Bonchev–Trinajstić information content (AvgIpc) is 1.91. The minimum atomic E-state index is -0.247. The summed E-state index contributed by atoms with van der Waals surface area (Å²) in [6.07, 6.45) is 3.26. The summed E-state index contributed by atoms with van der Waals surface area (Å²) >= 11 is 0. The summed E-state index contributed by atoms with van der Waals surface area (Å²) in [5.41, 5.74) is 0. The van der Waals surface area contributed by atoms with Gasteiger partial charge in [-0.3, -0.25) is 5.32 Å². The summed E-state index contributed by atoms with van der Waals surface area (Å²) in [6, 6.07) is 1.76. The maximum atomic E-state index is 8.33. The van der Waals surface area contributed by atoms with E-state index in [0.29, 0.717) is 6.54 Å². The first kappa shape index (κ1) is 7.93. The molecule has 1 atom stereocenters. The first-order valence-electron chi connectivity index (χ1n) is 2.71. The smallest absolute Gasteiger partial charge is 0.114 e. The summed E-state index contributed by atoms with van der Waals surface area (Å²) in [7, 11) is 0. The fourth-order valence-electron chi connectivity index (χ4n) is 0.392. The van der Waals surface area contributed by atoms with E-state index in [0.717, 1.165) is 0 Å². The summed E-state index contributed by atoms with van der Waals surface area (Å²) in [5.74, 6) is 0. The molecule has 0 bridgehead atoms. The Morgan fingerprint density at radius 3 is 2.67 bits per heavy atom. The van der Waals surface area contributed by atoms with Crippen LogP contribution in [0.15, 0.2) is 25.3 Å². The lowest BCUT2D eigenvalue weighted by Crippen LogP contribution is -2.24. The predicted octanol–water partition coefficient (Wildman–Crippen LogP) is 0.840. The van der Waals surface area contributed by atoms with Crippen molar-refractivity contribution >= 4 is 0 Å². The molecule has 0 saturated carbocycles. The molecule has 0 aromatic carbocycles. The summed E-state index contributed by atoms with van der Waals surface area (Å²) in [4.78, 5) is 0. The number of nitriles is 1. The molecule has 2 nitrogen and oxygen atoms in total. The van der Waals surface area contributed by atoms with Crippen LogP contribution in [0.25, 0.3) is 0 Å². The standard InChI is InChI=1S/C7H10N2/c1-3-5-9-7(4-2)6-8/h3-4,7,9H,1-2,5H2/i6+2,7+2. The lowest BCUT2D eigenvalue weighted by molar-refractivity contribution is 0.749. The maximum absolute atomic E-state index is 8.33. The minimum Gasteiger partial charge on any atom is -0.295 e. The third-order valence-corrected chi connectivity index (χ3v) is 0.857. The van der Waals surface area contributed by atoms with Crippen molar-refractivity contribution in [2.75, 3.05) is 6.54 Å². The van der Waals surface area contributed by atoms with Crippen LogP contribution in [0.5, 0.6) is 0 Å². The Morgan fingerprint density at radius 1 is 1.67 bits per heavy atom. The molecule has 0 aliphatic heterocycles. The highest BCUT2D eigenvalue weighted by Crippen LogP contribution is 1.78. The van der Waals surface area contributed by atoms with Gasteiger partial charge in [-0.15, -0.1) is 13.2 Å². The van der Waals surface area contributed by atoms with Gasteiger partial charge in [0.2, 0.25) is 0 Å². The van der Waals surface area contributed by atoms with E-state index in [1.807, 2.05) is 6.07 Å². The molecule has 0 aromatic heterocycles. The van der Waals surface area contributed by atoms with Crippen LogP contribution in [0.1, 0.15) is 0 Å². The second-order valence-corrected chi connectivity index (χ2v) is 1.54. The number of hydrogen-bond acceptors (Lipinski definition) is 2. The molecule has 1 unspecified atom stereocenters. The van der Waals surface area contributed by atoms with Gasteiger partial charge in [0.05, 0.1) is 6.07 Å². The van der Waals surface area contributed by atoms with Gasteiger partial charge in [0, 0.05) is 6.54 Å². The summed E-state index contributed by atoms with van der Waals surface area (Å²) < 4.78 is 0. The van der Waals surface area contributed by atoms with Crippen LogP contribution >= 0.6 is 0 Å². The molecule has 0 rings (SSSR count). The monoisotopic (exact) mass is 126 g/mol. The van der Waals surface area contributed by atoms with E-state index < -0.39 is 0 Å². The van der Waals surface area contributed by atoms with Crippen LogP contribution in [0.3, 0.4) is 0 Å². The molecule has 1 N–H and O–H groups in total. The van der Waals surface area contributed by atoms with E-state index in [1.54, 1.807) is 12.2 Å². The Bertz CT molecular complexity index is 132. The van der Waals surface area contributed by atoms with E-state index in [-0.39, 0.29) is 6.04 Å². The molecule has 0 radical (unpaired) electrons. The molecular formula is C7H10N2. The molecular weight excluding hydrogens is 116 g/mol. The molecule has 0 aliphatic carbocycles. The van der Waals surface area contributed by atoms with Crippen molar-refractivity contribution in [1.82, 2.24) is 5.32 Å². The van der Waals surface area contributed by atoms with Crippen molar-refractivity contribution in [2.45, 2.75) is 6.04 Å². The molecule has 0 fully saturated rings. The molecule has 2 heteroatoms. The van der Waals surface area contributed by atoms with E-state index in [1.165, 1.54) is 0 Å². The number of hydrogen-bond donors (Lipinski definition) is 1. The largest absolute Gasteiger partial charge is 0.295 e. The average molecular weight is 126 g/mol. The SMILES string of the molecule is C=CCN[14CH](C=C)[14C]#N. The van der Waals surface area contributed by atoms with Gasteiger partial charge in [0.15, 0.2) is 0 Å². The van der Waals surface area contributed by atoms with Crippen molar-refractivity contribution in [3.63, 3.8) is 0 Å². The Hall–Kier alpha value is -1.07. The lowest BCUT2D eigenvalue weighted by atomic mass is 10.7. The minimum absolute atomic E-state index is 0.247. The van der Waals surface area contributed by atoms with Gasteiger partial charge in [0.25, 0.3) is 0 Å². The quantitative estimate of drug-likeness (QED) is 0.566. The fourth-order valence-corrected chi connectivity index (χ4v) is 0.392. The molecule has 0 aliphatic rings. The van der Waals surface area contributed by atoms with Crippen molar-refractivity contribution < 1.29 is 0 Å². The van der Waals surface area contributed by atoms with E-state index in [9.17, 15) is 0 Å². The highest BCUT2D eigenvalue weighted by Gasteiger charge is 1.94. The van der Waals surface area contributed by atoms with Crippen LogP contribution in [0.4, 0.5) is 0 Å². The van der Waals surface area contributed by atoms with Gasteiger partial charge in [0.1, 0.15) is 6.04 Å². The molecule has 9 heavy (non-hydrogen) atoms. The zero-order chi connectivity index (χ0) is 7.11. The van der Waals surface area contributed by atoms with Crippen LogP contribution in [0, 0.1) is 11.3 Å². The van der Waals surface area contributed by atoms with Gasteiger partial charge in [-0.05, 0) is 0 Å². The second kappa shape index (κ2) is 5.07. The maximum Gasteiger partial charge on any atom is 0.114 e. The Balaban J connectivity index is 3.46. The van der Waals surface area contributed by atoms with E-state index in [2.05, 4.69) is 18.5 Å². The molecule has 48 valence electrons. The van der Waals surface area contributed by atoms with Gasteiger partial charge in [-0.25, -0.2) is 0 Å². The first-order valence-corrected chi connectivity index (χ1v) is 2.71. The zero-order valence-corrected chi connectivity index (χ0v) is 5.30. The van der Waals surface area contributed by atoms with Crippen molar-refractivity contribution in [2.24, 2.45) is 0 Å². The van der Waals surface area contributed by atoms with Crippen molar-refractivity contribution in [3.8, 4) is 6.07 Å². The fraction of sp³-hybridized carbons (Fsp3) is 0.286. The van der Waals surface area contributed by atoms with E-state index in [4.69, 9.17) is 5.26 Å². The second-order valence-electron chi connectivity index (χ2n) is 1.54. The van der Waals surface area contributed by atoms with Crippen molar-refractivity contribution in [1.29, 1.82) is 5.26 Å². The summed E-state index contributed by atoms with van der Waals surface area (Å²) in [5, 5.41) is 11.2. The topological polar surface area (TPSA) is 35.8 Å². The van der Waals surface area contributed by atoms with Gasteiger partial charge in [-0.2, -0.15) is 5.26 Å². The lowest BCUT2D eigenvalue weighted by Gasteiger charge is -2.00. The van der Waals surface area contributed by atoms with Crippen LogP contribution in [0.2, 0.25) is 0 Å². The zero-order valence-electron chi connectivity index (χ0n) is 5.30. The third-order valence-electron chi connectivity index (χ3n) is 0.857. The Morgan fingerprint density at radius 2 is 2.33 bits per heavy atom. The van der Waals surface area contributed by atoms with Crippen molar-refractivity contribution in [3.05, 3.63) is 25.3 Å². The van der Waals surface area contributed by atoms with Gasteiger partial charge in [-0.1, -0.05) is 12.2 Å². The summed E-state index contributed by atoms with van der Waals surface area (Å²) in [6.45, 7) is 7.60. The van der Waals surface area contributed by atoms with Gasteiger partial charge >= 0.3 is 0 Å². The van der Waals surface area contributed by atoms with Crippen LogP contribution < -0.4 is 5.32 Å². The normalized spacial score (nSPS) is 11.4. The molecule has 0 amide bonds. The third kappa shape index (κ3) is 3.51. The molecule has 0 aromatic rings.